The van der Waals surface area contributed by atoms with Crippen LogP contribution >= 0.6 is 0 Å². The topological polar surface area (TPSA) is 35.5 Å². The predicted molar refractivity (Wildman–Crippen MR) is 85.1 cm³/mol. The second kappa shape index (κ2) is 6.43. The molecule has 27 heavy (non-hydrogen) atoms. The first-order valence-corrected chi connectivity index (χ1v) is 8.76. The predicted octanol–water partition coefficient (Wildman–Crippen LogP) is 4.97. The Labute approximate surface area is 153 Å². The van der Waals surface area contributed by atoms with Crippen molar-refractivity contribution >= 4 is 5.97 Å². The maximum absolute atomic E-state index is 14.3. The Hall–Kier alpha value is -1.70. The summed E-state index contributed by atoms with van der Waals surface area (Å²) in [6.07, 6.45) is -0.967. The van der Waals surface area contributed by atoms with Crippen LogP contribution in [0.25, 0.3) is 0 Å². The van der Waals surface area contributed by atoms with E-state index in [4.69, 9.17) is 9.47 Å². The molecule has 0 N–H and O–H groups in total. The number of carbonyl (C=O) groups is 1. The van der Waals surface area contributed by atoms with Gasteiger partial charge in [0.15, 0.2) is 28.9 Å². The average Bonchev–Trinajstić information content (AvgIpc) is 2.56. The van der Waals surface area contributed by atoms with Gasteiger partial charge in [0.25, 0.3) is 0 Å². The lowest BCUT2D eigenvalue weighted by atomic mass is 9.62. The number of carbonyl (C=O) groups excluding carboxylic acids is 1. The van der Waals surface area contributed by atoms with Crippen molar-refractivity contribution in [2.24, 2.45) is 11.3 Å². The zero-order valence-electron chi connectivity index (χ0n) is 15.5. The number of hydrogen-bond donors (Lipinski definition) is 0. The third-order valence-electron chi connectivity index (χ3n) is 5.74. The minimum absolute atomic E-state index is 0.0680. The van der Waals surface area contributed by atoms with Crippen LogP contribution in [0.2, 0.25) is 0 Å². The molecule has 3 rings (SSSR count). The minimum atomic E-state index is -2.23. The Morgan fingerprint density at radius 3 is 2.00 bits per heavy atom. The molecule has 4 atom stereocenters. The van der Waals surface area contributed by atoms with E-state index in [0.717, 1.165) is 6.92 Å². The molecule has 1 aromatic carbocycles. The molecule has 1 saturated heterocycles. The van der Waals surface area contributed by atoms with E-state index >= 15 is 0 Å². The SMILES string of the molecule is CC(=O)O[C@]12CCC(C(C)(C)C)C[C@H]1O[C@@H]2c1c(F)c(F)c(F)c(F)c1F. The molecular weight excluding hydrogens is 371 g/mol. The van der Waals surface area contributed by atoms with Crippen LogP contribution in [-0.2, 0) is 14.3 Å². The molecule has 1 saturated carbocycles. The van der Waals surface area contributed by atoms with Crippen molar-refractivity contribution in [2.75, 3.05) is 0 Å². The van der Waals surface area contributed by atoms with Crippen molar-refractivity contribution in [3.63, 3.8) is 0 Å². The fourth-order valence-electron chi connectivity index (χ4n) is 4.20. The van der Waals surface area contributed by atoms with Crippen molar-refractivity contribution in [3.05, 3.63) is 34.6 Å². The van der Waals surface area contributed by atoms with Crippen LogP contribution in [0.15, 0.2) is 0 Å². The van der Waals surface area contributed by atoms with Gasteiger partial charge in [0.1, 0.15) is 12.2 Å². The third-order valence-corrected chi connectivity index (χ3v) is 5.74. The van der Waals surface area contributed by atoms with Crippen LogP contribution in [0.3, 0.4) is 0 Å². The van der Waals surface area contributed by atoms with Crippen molar-refractivity contribution in [1.29, 1.82) is 0 Å². The maximum atomic E-state index is 14.3. The Morgan fingerprint density at radius 2 is 1.56 bits per heavy atom. The molecule has 0 radical (unpaired) electrons. The lowest BCUT2D eigenvalue weighted by Crippen LogP contribution is -2.65. The highest BCUT2D eigenvalue weighted by Crippen LogP contribution is 2.58. The summed E-state index contributed by atoms with van der Waals surface area (Å²) < 4.78 is 80.1. The Kier molecular flexibility index (Phi) is 4.77. The molecule has 1 aliphatic carbocycles. The van der Waals surface area contributed by atoms with Crippen molar-refractivity contribution in [3.8, 4) is 0 Å². The van der Waals surface area contributed by atoms with Gasteiger partial charge in [-0.1, -0.05) is 20.8 Å². The number of ether oxygens (including phenoxy) is 2. The van der Waals surface area contributed by atoms with Gasteiger partial charge in [0.2, 0.25) is 5.82 Å². The van der Waals surface area contributed by atoms with Crippen LogP contribution in [0.4, 0.5) is 22.0 Å². The molecule has 0 bridgehead atoms. The molecule has 2 fully saturated rings. The molecule has 1 unspecified atom stereocenters. The first-order chi connectivity index (χ1) is 12.4. The Balaban J connectivity index is 2.03. The Bertz CT molecular complexity index is 760. The summed E-state index contributed by atoms with van der Waals surface area (Å²) in [6.45, 7) is 7.25. The molecule has 0 aromatic heterocycles. The fourth-order valence-corrected chi connectivity index (χ4v) is 4.20. The van der Waals surface area contributed by atoms with Crippen LogP contribution < -0.4 is 0 Å². The fraction of sp³-hybridized carbons (Fsp3) is 0.632. The van der Waals surface area contributed by atoms with Gasteiger partial charge in [-0.05, 0) is 30.6 Å². The van der Waals surface area contributed by atoms with E-state index in [-0.39, 0.29) is 17.8 Å². The van der Waals surface area contributed by atoms with E-state index in [2.05, 4.69) is 0 Å². The molecule has 8 heteroatoms. The van der Waals surface area contributed by atoms with E-state index in [1.165, 1.54) is 0 Å². The summed E-state index contributed by atoms with van der Waals surface area (Å²) in [6, 6.07) is 0. The molecule has 0 amide bonds. The van der Waals surface area contributed by atoms with Gasteiger partial charge in [-0.3, -0.25) is 4.79 Å². The van der Waals surface area contributed by atoms with E-state index in [1.807, 2.05) is 20.8 Å². The monoisotopic (exact) mass is 392 g/mol. The summed E-state index contributed by atoms with van der Waals surface area (Å²) >= 11 is 0. The zero-order chi connectivity index (χ0) is 20.3. The molecule has 0 spiro atoms. The van der Waals surface area contributed by atoms with Crippen molar-refractivity contribution < 1.29 is 36.2 Å². The van der Waals surface area contributed by atoms with Gasteiger partial charge in [-0.2, -0.15) is 0 Å². The van der Waals surface area contributed by atoms with E-state index < -0.39 is 58.4 Å². The first kappa shape index (κ1) is 20.0. The number of rotatable bonds is 2. The summed E-state index contributed by atoms with van der Waals surface area (Å²) in [5.41, 5.74) is -2.59. The highest BCUT2D eigenvalue weighted by molar-refractivity contribution is 5.67. The molecular formula is C19H21F5O3. The zero-order valence-corrected chi connectivity index (χ0v) is 15.5. The Morgan fingerprint density at radius 1 is 1.04 bits per heavy atom. The quantitative estimate of drug-likeness (QED) is 0.309. The highest BCUT2D eigenvalue weighted by atomic mass is 19.2. The summed E-state index contributed by atoms with van der Waals surface area (Å²) in [5, 5.41) is 0. The number of fused-ring (bicyclic) bond motifs is 1. The van der Waals surface area contributed by atoms with Crippen LogP contribution in [0.1, 0.15) is 58.6 Å². The van der Waals surface area contributed by atoms with E-state index in [1.54, 1.807) is 0 Å². The number of benzene rings is 1. The molecule has 1 heterocycles. The summed E-state index contributed by atoms with van der Waals surface area (Å²) in [7, 11) is 0. The minimum Gasteiger partial charge on any atom is -0.453 e. The van der Waals surface area contributed by atoms with Crippen LogP contribution in [-0.4, -0.2) is 17.7 Å². The molecule has 2 aliphatic rings. The lowest BCUT2D eigenvalue weighted by Gasteiger charge is -2.59. The second-order valence-electron chi connectivity index (χ2n) is 8.37. The number of esters is 1. The third kappa shape index (κ3) is 3.02. The highest BCUT2D eigenvalue weighted by Gasteiger charge is 2.64. The van der Waals surface area contributed by atoms with Gasteiger partial charge in [-0.15, -0.1) is 0 Å². The largest absolute Gasteiger partial charge is 0.453 e. The summed E-state index contributed by atoms with van der Waals surface area (Å²) in [5.74, 6) is -10.7. The maximum Gasteiger partial charge on any atom is 0.303 e. The molecule has 1 aromatic rings. The van der Waals surface area contributed by atoms with Crippen molar-refractivity contribution in [1.82, 2.24) is 0 Å². The van der Waals surface area contributed by atoms with E-state index in [9.17, 15) is 26.7 Å². The van der Waals surface area contributed by atoms with Gasteiger partial charge in [0, 0.05) is 6.92 Å². The number of hydrogen-bond acceptors (Lipinski definition) is 3. The molecule has 3 nitrogen and oxygen atoms in total. The normalized spacial score (nSPS) is 30.5. The van der Waals surface area contributed by atoms with E-state index in [0.29, 0.717) is 12.8 Å². The molecule has 150 valence electrons. The molecule has 1 aliphatic heterocycles. The van der Waals surface area contributed by atoms with Gasteiger partial charge in [0.05, 0.1) is 5.56 Å². The van der Waals surface area contributed by atoms with Gasteiger partial charge in [-0.25, -0.2) is 22.0 Å². The van der Waals surface area contributed by atoms with Crippen molar-refractivity contribution in [2.45, 2.75) is 64.8 Å². The summed E-state index contributed by atoms with van der Waals surface area (Å²) in [4.78, 5) is 11.6. The lowest BCUT2D eigenvalue weighted by molar-refractivity contribution is -0.323. The smallest absolute Gasteiger partial charge is 0.303 e. The second-order valence-corrected chi connectivity index (χ2v) is 8.37. The van der Waals surface area contributed by atoms with Gasteiger partial charge >= 0.3 is 5.97 Å². The van der Waals surface area contributed by atoms with Gasteiger partial charge < -0.3 is 9.47 Å². The standard InChI is InChI=1S/C19H21F5O3/c1-8(25)27-19-6-5-9(18(2,3)4)7-10(19)26-17(19)11-12(20)14(22)16(24)15(23)13(11)21/h9-10,17H,5-7H2,1-4H3/t9?,10-,17-,19-/m1/s1. The average molecular weight is 392 g/mol. The first-order valence-electron chi connectivity index (χ1n) is 8.76. The van der Waals surface area contributed by atoms with Crippen LogP contribution in [0.5, 0.6) is 0 Å². The van der Waals surface area contributed by atoms with Crippen LogP contribution in [0, 0.1) is 40.4 Å². The number of halogens is 5.